The Morgan fingerprint density at radius 2 is 1.47 bits per heavy atom. The number of nitrogens with zero attached hydrogens (tertiary/aromatic N) is 1. The summed E-state index contributed by atoms with van der Waals surface area (Å²) in [6.07, 6.45) is 5.88. The number of amides is 2. The number of thioether (sulfide) groups is 1. The van der Waals surface area contributed by atoms with Crippen LogP contribution in [0.4, 0.5) is 0 Å². The van der Waals surface area contributed by atoms with Crippen molar-refractivity contribution >= 4 is 46.8 Å². The maximum atomic E-state index is 13.8. The summed E-state index contributed by atoms with van der Waals surface area (Å²) in [5.41, 5.74) is 2.98. The van der Waals surface area contributed by atoms with Crippen LogP contribution >= 0.6 is 35.0 Å². The first kappa shape index (κ1) is 28.5. The SMILES string of the molecule is O=C(NC1CCCCC1)[C@H](Cc1ccccc1)N(Cc1cccc(Cl)c1)C(=O)CSCc1cccc(Cl)c1. The van der Waals surface area contributed by atoms with Crippen LogP contribution in [0.15, 0.2) is 78.9 Å². The molecule has 1 saturated carbocycles. The Morgan fingerprint density at radius 3 is 2.16 bits per heavy atom. The van der Waals surface area contributed by atoms with E-state index in [1.54, 1.807) is 4.90 Å². The fourth-order valence-electron chi connectivity index (χ4n) is 4.90. The molecule has 2 amide bonds. The lowest BCUT2D eigenvalue weighted by Crippen LogP contribution is -2.53. The maximum absolute atomic E-state index is 13.8. The zero-order chi connectivity index (χ0) is 26.7. The molecule has 1 atom stereocenters. The van der Waals surface area contributed by atoms with Gasteiger partial charge in [-0.3, -0.25) is 9.59 Å². The van der Waals surface area contributed by atoms with E-state index in [4.69, 9.17) is 23.2 Å². The van der Waals surface area contributed by atoms with Crippen molar-refractivity contribution in [3.05, 3.63) is 106 Å². The van der Waals surface area contributed by atoms with Crippen LogP contribution in [0.25, 0.3) is 0 Å². The average Bonchev–Trinajstić information content (AvgIpc) is 2.92. The number of carbonyl (C=O) groups excluding carboxylic acids is 2. The van der Waals surface area contributed by atoms with Crippen molar-refractivity contribution in [3.63, 3.8) is 0 Å². The van der Waals surface area contributed by atoms with Gasteiger partial charge >= 0.3 is 0 Å². The van der Waals surface area contributed by atoms with Gasteiger partial charge in [0, 0.05) is 34.8 Å². The monoisotopic (exact) mass is 568 g/mol. The maximum Gasteiger partial charge on any atom is 0.243 e. The number of halogens is 2. The van der Waals surface area contributed by atoms with E-state index in [-0.39, 0.29) is 23.6 Å². The van der Waals surface area contributed by atoms with Crippen LogP contribution in [-0.4, -0.2) is 34.6 Å². The van der Waals surface area contributed by atoms with Gasteiger partial charge in [0.2, 0.25) is 11.8 Å². The Hall–Kier alpha value is -2.47. The van der Waals surface area contributed by atoms with Gasteiger partial charge < -0.3 is 10.2 Å². The summed E-state index contributed by atoms with van der Waals surface area (Å²) >= 11 is 13.9. The normalized spacial score (nSPS) is 14.6. The van der Waals surface area contributed by atoms with Gasteiger partial charge in [-0.25, -0.2) is 0 Å². The molecule has 0 aliphatic heterocycles. The number of rotatable bonds is 11. The van der Waals surface area contributed by atoms with Gasteiger partial charge in [-0.1, -0.05) is 97.1 Å². The number of nitrogens with one attached hydrogen (secondary N) is 1. The molecule has 3 aromatic carbocycles. The molecular formula is C31H34Cl2N2O2S. The lowest BCUT2D eigenvalue weighted by molar-refractivity contribution is -0.139. The van der Waals surface area contributed by atoms with E-state index in [0.29, 0.717) is 28.8 Å². The molecule has 1 aliphatic rings. The first-order valence-electron chi connectivity index (χ1n) is 13.2. The zero-order valence-corrected chi connectivity index (χ0v) is 23.8. The van der Waals surface area contributed by atoms with E-state index in [1.807, 2.05) is 78.9 Å². The van der Waals surface area contributed by atoms with Gasteiger partial charge in [-0.15, -0.1) is 11.8 Å². The molecule has 0 heterocycles. The van der Waals surface area contributed by atoms with E-state index in [9.17, 15) is 9.59 Å². The smallest absolute Gasteiger partial charge is 0.243 e. The molecule has 1 N–H and O–H groups in total. The fraction of sp³-hybridized carbons (Fsp3) is 0.355. The Bertz CT molecular complexity index is 1200. The summed E-state index contributed by atoms with van der Waals surface area (Å²) in [6.45, 7) is 0.312. The van der Waals surface area contributed by atoms with Crippen molar-refractivity contribution in [2.75, 3.05) is 5.75 Å². The molecule has 0 bridgehead atoms. The summed E-state index contributed by atoms with van der Waals surface area (Å²) < 4.78 is 0. The third-order valence-electron chi connectivity index (χ3n) is 6.85. The van der Waals surface area contributed by atoms with E-state index < -0.39 is 6.04 Å². The van der Waals surface area contributed by atoms with Gasteiger partial charge in [0.25, 0.3) is 0 Å². The first-order valence-corrected chi connectivity index (χ1v) is 15.1. The van der Waals surface area contributed by atoms with Gasteiger partial charge in [0.1, 0.15) is 6.04 Å². The highest BCUT2D eigenvalue weighted by Gasteiger charge is 2.31. The van der Waals surface area contributed by atoms with Crippen LogP contribution < -0.4 is 5.32 Å². The molecule has 4 rings (SSSR count). The standard InChI is InChI=1S/C31H34Cl2N2O2S/c32-26-13-7-11-24(17-26)20-35(30(36)22-38-21-25-12-8-14-27(33)18-25)29(19-23-9-3-1-4-10-23)31(37)34-28-15-5-2-6-16-28/h1,3-4,7-14,17-18,28-29H,2,5-6,15-16,19-22H2,(H,34,37)/t29-/m0/s1. The van der Waals surface area contributed by atoms with Crippen molar-refractivity contribution in [1.82, 2.24) is 10.2 Å². The van der Waals surface area contributed by atoms with Crippen molar-refractivity contribution in [2.45, 2.75) is 62.9 Å². The second-order valence-corrected chi connectivity index (χ2v) is 11.7. The molecule has 0 spiro atoms. The number of carbonyl (C=O) groups is 2. The second kappa shape index (κ2) is 14.6. The molecule has 0 aromatic heterocycles. The zero-order valence-electron chi connectivity index (χ0n) is 21.5. The topological polar surface area (TPSA) is 49.4 Å². The van der Waals surface area contributed by atoms with E-state index in [1.165, 1.54) is 18.2 Å². The van der Waals surface area contributed by atoms with Gasteiger partial charge in [-0.2, -0.15) is 0 Å². The van der Waals surface area contributed by atoms with Crippen LogP contribution in [0.5, 0.6) is 0 Å². The van der Waals surface area contributed by atoms with Crippen molar-refractivity contribution in [1.29, 1.82) is 0 Å². The Kier molecular flexibility index (Phi) is 11.0. The highest BCUT2D eigenvalue weighted by molar-refractivity contribution is 7.99. The molecular weight excluding hydrogens is 535 g/mol. The summed E-state index contributed by atoms with van der Waals surface area (Å²) in [7, 11) is 0. The molecule has 38 heavy (non-hydrogen) atoms. The summed E-state index contributed by atoms with van der Waals surface area (Å²) in [4.78, 5) is 29.3. The lowest BCUT2D eigenvalue weighted by atomic mass is 9.94. The van der Waals surface area contributed by atoms with Crippen molar-refractivity contribution in [2.24, 2.45) is 0 Å². The molecule has 0 unspecified atom stereocenters. The minimum absolute atomic E-state index is 0.0725. The third-order valence-corrected chi connectivity index (χ3v) is 8.31. The largest absolute Gasteiger partial charge is 0.352 e. The van der Waals surface area contributed by atoms with Crippen LogP contribution in [0, 0.1) is 0 Å². The van der Waals surface area contributed by atoms with Crippen molar-refractivity contribution < 1.29 is 9.59 Å². The molecule has 0 radical (unpaired) electrons. The quantitative estimate of drug-likeness (QED) is 0.263. The average molecular weight is 570 g/mol. The molecule has 1 fully saturated rings. The molecule has 3 aromatic rings. The van der Waals surface area contributed by atoms with Gasteiger partial charge in [0.05, 0.1) is 5.75 Å². The Morgan fingerprint density at radius 1 is 0.842 bits per heavy atom. The van der Waals surface area contributed by atoms with Gasteiger partial charge in [-0.05, 0) is 53.8 Å². The first-order chi connectivity index (χ1) is 18.5. The van der Waals surface area contributed by atoms with E-state index >= 15 is 0 Å². The minimum Gasteiger partial charge on any atom is -0.352 e. The van der Waals surface area contributed by atoms with Crippen LogP contribution in [0.1, 0.15) is 48.8 Å². The van der Waals surface area contributed by atoms with E-state index in [0.717, 1.165) is 42.4 Å². The van der Waals surface area contributed by atoms with Crippen LogP contribution in [-0.2, 0) is 28.3 Å². The lowest BCUT2D eigenvalue weighted by Gasteiger charge is -2.33. The predicted octanol–water partition coefficient (Wildman–Crippen LogP) is 7.32. The summed E-state index contributed by atoms with van der Waals surface area (Å²) in [6, 6.07) is 24.6. The number of hydrogen-bond donors (Lipinski definition) is 1. The summed E-state index contributed by atoms with van der Waals surface area (Å²) in [5, 5.41) is 4.57. The van der Waals surface area contributed by atoms with Crippen LogP contribution in [0.3, 0.4) is 0 Å². The third kappa shape index (κ3) is 8.79. The number of benzene rings is 3. The Labute approximate surface area is 240 Å². The predicted molar refractivity (Wildman–Crippen MR) is 159 cm³/mol. The molecule has 7 heteroatoms. The number of hydrogen-bond acceptors (Lipinski definition) is 3. The highest BCUT2D eigenvalue weighted by Crippen LogP contribution is 2.22. The molecule has 0 saturated heterocycles. The molecule has 4 nitrogen and oxygen atoms in total. The van der Waals surface area contributed by atoms with E-state index in [2.05, 4.69) is 5.32 Å². The fourth-order valence-corrected chi connectivity index (χ4v) is 6.18. The second-order valence-electron chi connectivity index (χ2n) is 9.82. The van der Waals surface area contributed by atoms with Crippen molar-refractivity contribution in [3.8, 4) is 0 Å². The minimum atomic E-state index is -0.627. The molecule has 200 valence electrons. The summed E-state index contributed by atoms with van der Waals surface area (Å²) in [5.74, 6) is 0.761. The Balaban J connectivity index is 1.56. The van der Waals surface area contributed by atoms with Crippen LogP contribution in [0.2, 0.25) is 10.0 Å². The highest BCUT2D eigenvalue weighted by atomic mass is 35.5. The van der Waals surface area contributed by atoms with Gasteiger partial charge in [0.15, 0.2) is 0 Å². The molecule has 1 aliphatic carbocycles.